The number of carboxylic acids is 1. The van der Waals surface area contributed by atoms with Crippen molar-refractivity contribution in [3.8, 4) is 0 Å². The van der Waals surface area contributed by atoms with Gasteiger partial charge in [-0.15, -0.1) is 0 Å². The first kappa shape index (κ1) is 18.1. The lowest BCUT2D eigenvalue weighted by Gasteiger charge is -2.38. The van der Waals surface area contributed by atoms with Gasteiger partial charge in [0.1, 0.15) is 0 Å². The van der Waals surface area contributed by atoms with E-state index in [9.17, 15) is 13.6 Å². The predicted octanol–water partition coefficient (Wildman–Crippen LogP) is 5.69. The molecule has 0 aromatic heterocycles. The van der Waals surface area contributed by atoms with Crippen LogP contribution in [0.4, 0.5) is 8.78 Å². The predicted molar refractivity (Wildman–Crippen MR) is 93.3 cm³/mol. The highest BCUT2D eigenvalue weighted by Crippen LogP contribution is 2.44. The number of carboxylic acid groups (broad SMARTS) is 1. The lowest BCUT2D eigenvalue weighted by Crippen LogP contribution is -2.27. The van der Waals surface area contributed by atoms with Gasteiger partial charge in [-0.05, 0) is 92.7 Å². The minimum absolute atomic E-state index is 0.132. The van der Waals surface area contributed by atoms with E-state index in [0.29, 0.717) is 23.3 Å². The van der Waals surface area contributed by atoms with Gasteiger partial charge in [0, 0.05) is 5.57 Å². The molecule has 0 saturated heterocycles. The van der Waals surface area contributed by atoms with E-state index in [1.165, 1.54) is 12.1 Å². The van der Waals surface area contributed by atoms with Gasteiger partial charge in [0.25, 0.3) is 0 Å². The van der Waals surface area contributed by atoms with Crippen LogP contribution in [0.25, 0.3) is 0 Å². The van der Waals surface area contributed by atoms with Crippen LogP contribution in [0, 0.1) is 29.4 Å². The quantitative estimate of drug-likeness (QED) is 0.710. The van der Waals surface area contributed by atoms with Crippen molar-refractivity contribution >= 4 is 5.97 Å². The van der Waals surface area contributed by atoms with E-state index in [2.05, 4.69) is 6.58 Å². The summed E-state index contributed by atoms with van der Waals surface area (Å²) in [5.74, 6) is -0.588. The monoisotopic (exact) mass is 348 g/mol. The van der Waals surface area contributed by atoms with Crippen molar-refractivity contribution in [2.24, 2.45) is 17.8 Å². The van der Waals surface area contributed by atoms with Gasteiger partial charge < -0.3 is 5.11 Å². The van der Waals surface area contributed by atoms with Crippen molar-refractivity contribution < 1.29 is 18.7 Å². The Labute approximate surface area is 147 Å². The average molecular weight is 348 g/mol. The standard InChI is InChI=1S/C21H26F2O2/c1-13(21(24)25)14-2-4-15(5-3-14)16-6-8-17(9-7-16)18-10-11-19(22)20(23)12-18/h10-12,14-17H,1-9H2,(H,24,25). The SMILES string of the molecule is C=C(C(=O)O)C1CCC(C2CCC(c3ccc(F)c(F)c3)CC2)CC1. The largest absolute Gasteiger partial charge is 0.478 e. The molecule has 3 rings (SSSR count). The highest BCUT2D eigenvalue weighted by molar-refractivity contribution is 5.86. The summed E-state index contributed by atoms with van der Waals surface area (Å²) in [5.41, 5.74) is 1.28. The Morgan fingerprint density at radius 1 is 0.920 bits per heavy atom. The first-order valence-electron chi connectivity index (χ1n) is 9.32. The van der Waals surface area contributed by atoms with Gasteiger partial charge in [0.15, 0.2) is 11.6 Å². The normalized spacial score (nSPS) is 30.0. The summed E-state index contributed by atoms with van der Waals surface area (Å²) in [4.78, 5) is 11.0. The maximum Gasteiger partial charge on any atom is 0.331 e. The molecule has 2 fully saturated rings. The summed E-state index contributed by atoms with van der Waals surface area (Å²) in [7, 11) is 0. The second-order valence-corrected chi connectivity index (χ2v) is 7.73. The number of halogens is 2. The van der Waals surface area contributed by atoms with Crippen molar-refractivity contribution in [2.45, 2.75) is 57.3 Å². The van der Waals surface area contributed by atoms with Crippen LogP contribution in [0.1, 0.15) is 62.8 Å². The molecule has 0 radical (unpaired) electrons. The fourth-order valence-corrected chi connectivity index (χ4v) is 4.80. The Morgan fingerprint density at radius 3 is 2.00 bits per heavy atom. The van der Waals surface area contributed by atoms with Crippen LogP contribution >= 0.6 is 0 Å². The summed E-state index contributed by atoms with van der Waals surface area (Å²) < 4.78 is 26.5. The number of hydrogen-bond donors (Lipinski definition) is 1. The van der Waals surface area contributed by atoms with E-state index >= 15 is 0 Å². The van der Waals surface area contributed by atoms with E-state index in [1.54, 1.807) is 6.07 Å². The molecule has 25 heavy (non-hydrogen) atoms. The molecule has 0 heterocycles. The molecule has 0 amide bonds. The molecular formula is C21H26F2O2. The average Bonchev–Trinajstić information content (AvgIpc) is 2.63. The van der Waals surface area contributed by atoms with Gasteiger partial charge in [-0.2, -0.15) is 0 Å². The fraction of sp³-hybridized carbons (Fsp3) is 0.571. The zero-order valence-corrected chi connectivity index (χ0v) is 14.5. The molecule has 1 aromatic carbocycles. The molecule has 0 bridgehead atoms. The molecule has 0 unspecified atom stereocenters. The minimum atomic E-state index is -0.865. The third-order valence-corrected chi connectivity index (χ3v) is 6.39. The number of hydrogen-bond acceptors (Lipinski definition) is 1. The first-order valence-corrected chi connectivity index (χ1v) is 9.32. The molecule has 1 aromatic rings. The maximum atomic E-state index is 13.4. The van der Waals surface area contributed by atoms with Crippen LogP contribution in [-0.4, -0.2) is 11.1 Å². The molecule has 0 atom stereocenters. The number of benzene rings is 1. The van der Waals surface area contributed by atoms with Crippen LogP contribution in [0.2, 0.25) is 0 Å². The molecule has 2 saturated carbocycles. The topological polar surface area (TPSA) is 37.3 Å². The third-order valence-electron chi connectivity index (χ3n) is 6.39. The van der Waals surface area contributed by atoms with Crippen molar-refractivity contribution in [1.82, 2.24) is 0 Å². The number of rotatable bonds is 4. The van der Waals surface area contributed by atoms with Crippen LogP contribution in [0.3, 0.4) is 0 Å². The van der Waals surface area contributed by atoms with E-state index in [-0.39, 0.29) is 5.92 Å². The van der Waals surface area contributed by atoms with E-state index in [0.717, 1.165) is 56.9 Å². The highest BCUT2D eigenvalue weighted by atomic mass is 19.2. The summed E-state index contributed by atoms with van der Waals surface area (Å²) in [6.45, 7) is 3.72. The second kappa shape index (κ2) is 7.67. The van der Waals surface area contributed by atoms with Crippen LogP contribution in [0.5, 0.6) is 0 Å². The molecule has 2 aliphatic carbocycles. The van der Waals surface area contributed by atoms with E-state index in [1.807, 2.05) is 0 Å². The van der Waals surface area contributed by atoms with Gasteiger partial charge >= 0.3 is 5.97 Å². The van der Waals surface area contributed by atoms with Crippen molar-refractivity contribution in [1.29, 1.82) is 0 Å². The molecule has 1 N–H and O–H groups in total. The van der Waals surface area contributed by atoms with Gasteiger partial charge in [-0.3, -0.25) is 0 Å². The lowest BCUT2D eigenvalue weighted by molar-refractivity contribution is -0.133. The van der Waals surface area contributed by atoms with Crippen molar-refractivity contribution in [3.63, 3.8) is 0 Å². The van der Waals surface area contributed by atoms with Gasteiger partial charge in [-0.25, -0.2) is 13.6 Å². The third kappa shape index (κ3) is 4.10. The zero-order chi connectivity index (χ0) is 18.0. The molecular weight excluding hydrogens is 322 g/mol. The van der Waals surface area contributed by atoms with Gasteiger partial charge in [-0.1, -0.05) is 12.6 Å². The second-order valence-electron chi connectivity index (χ2n) is 7.73. The molecule has 0 spiro atoms. The van der Waals surface area contributed by atoms with Crippen LogP contribution in [0.15, 0.2) is 30.4 Å². The van der Waals surface area contributed by atoms with E-state index in [4.69, 9.17) is 5.11 Å². The van der Waals surface area contributed by atoms with Gasteiger partial charge in [0.2, 0.25) is 0 Å². The van der Waals surface area contributed by atoms with Crippen molar-refractivity contribution in [2.75, 3.05) is 0 Å². The lowest BCUT2D eigenvalue weighted by atomic mass is 9.67. The van der Waals surface area contributed by atoms with Crippen LogP contribution in [-0.2, 0) is 4.79 Å². The Bertz CT molecular complexity index is 639. The Morgan fingerprint density at radius 2 is 1.48 bits per heavy atom. The molecule has 0 aliphatic heterocycles. The van der Waals surface area contributed by atoms with Gasteiger partial charge in [0.05, 0.1) is 0 Å². The maximum absolute atomic E-state index is 13.4. The Balaban J connectivity index is 1.50. The summed E-state index contributed by atoms with van der Waals surface area (Å²) in [6, 6.07) is 4.29. The van der Waals surface area contributed by atoms with Crippen molar-refractivity contribution in [3.05, 3.63) is 47.5 Å². The summed E-state index contributed by atoms with van der Waals surface area (Å²) in [6.07, 6.45) is 8.32. The molecule has 2 nitrogen and oxygen atoms in total. The van der Waals surface area contributed by atoms with Crippen LogP contribution < -0.4 is 0 Å². The fourth-order valence-electron chi connectivity index (χ4n) is 4.80. The Hall–Kier alpha value is -1.71. The first-order chi connectivity index (χ1) is 12.0. The van der Waals surface area contributed by atoms with E-state index < -0.39 is 17.6 Å². The summed E-state index contributed by atoms with van der Waals surface area (Å²) >= 11 is 0. The zero-order valence-electron chi connectivity index (χ0n) is 14.5. The number of carbonyl (C=O) groups is 1. The molecule has 136 valence electrons. The summed E-state index contributed by atoms with van der Waals surface area (Å²) in [5, 5.41) is 9.07. The molecule has 2 aliphatic rings. The minimum Gasteiger partial charge on any atom is -0.478 e. The smallest absolute Gasteiger partial charge is 0.331 e. The number of aliphatic carboxylic acids is 1. The highest BCUT2D eigenvalue weighted by Gasteiger charge is 2.33. The molecule has 4 heteroatoms. The Kier molecular flexibility index (Phi) is 5.55.